The number of benzene rings is 1. The van der Waals surface area contributed by atoms with E-state index in [9.17, 15) is 0 Å². The number of para-hydroxylation sites is 1. The lowest BCUT2D eigenvalue weighted by Crippen LogP contribution is -2.36. The van der Waals surface area contributed by atoms with Crippen LogP contribution in [0, 0.1) is 13.8 Å². The highest BCUT2D eigenvalue weighted by Gasteiger charge is 2.08. The van der Waals surface area contributed by atoms with Gasteiger partial charge in [0.2, 0.25) is 0 Å². The zero-order chi connectivity index (χ0) is 18.4. The number of aryl methyl sites for hydroxylation is 2. The number of thiophene rings is 1. The molecule has 0 bridgehead atoms. The summed E-state index contributed by atoms with van der Waals surface area (Å²) in [7, 11) is 0. The number of aliphatic imine (C=N–C) groups is 1. The van der Waals surface area contributed by atoms with Gasteiger partial charge in [-0.1, -0.05) is 24.3 Å². The summed E-state index contributed by atoms with van der Waals surface area (Å²) < 4.78 is 1.99. The minimum Gasteiger partial charge on any atom is -0.357 e. The van der Waals surface area contributed by atoms with Crippen LogP contribution >= 0.6 is 11.3 Å². The summed E-state index contributed by atoms with van der Waals surface area (Å²) in [5, 5.41) is 13.4. The fourth-order valence-corrected chi connectivity index (χ4v) is 3.46. The van der Waals surface area contributed by atoms with Gasteiger partial charge < -0.3 is 10.6 Å². The lowest BCUT2D eigenvalue weighted by atomic mass is 10.2. The molecule has 0 atom stereocenters. The van der Waals surface area contributed by atoms with Crippen molar-refractivity contribution in [3.05, 3.63) is 69.7 Å². The molecule has 1 aromatic carbocycles. The van der Waals surface area contributed by atoms with Gasteiger partial charge in [-0.25, -0.2) is 9.67 Å². The van der Waals surface area contributed by atoms with Gasteiger partial charge in [0.1, 0.15) is 0 Å². The van der Waals surface area contributed by atoms with E-state index in [1.807, 2.05) is 23.7 Å². The number of aromatic nitrogens is 2. The van der Waals surface area contributed by atoms with Gasteiger partial charge in [0.05, 0.1) is 24.5 Å². The third-order valence-corrected chi connectivity index (χ3v) is 4.87. The van der Waals surface area contributed by atoms with E-state index in [-0.39, 0.29) is 0 Å². The second-order valence-electron chi connectivity index (χ2n) is 6.10. The molecular formula is C20H25N5S. The molecule has 0 saturated carbocycles. The summed E-state index contributed by atoms with van der Waals surface area (Å²) in [6.45, 7) is 8.37. The van der Waals surface area contributed by atoms with Crippen LogP contribution in [0.25, 0.3) is 5.69 Å². The molecule has 0 aliphatic carbocycles. The summed E-state index contributed by atoms with van der Waals surface area (Å²) in [5.74, 6) is 0.823. The average Bonchev–Trinajstić information content (AvgIpc) is 3.27. The predicted octanol–water partition coefficient (Wildman–Crippen LogP) is 3.81. The van der Waals surface area contributed by atoms with Gasteiger partial charge in [-0.2, -0.15) is 5.10 Å². The summed E-state index contributed by atoms with van der Waals surface area (Å²) in [5.41, 5.74) is 4.37. The Bertz CT molecular complexity index is 864. The largest absolute Gasteiger partial charge is 0.357 e. The fourth-order valence-electron chi connectivity index (χ4n) is 2.81. The quantitative estimate of drug-likeness (QED) is 0.515. The Kier molecular flexibility index (Phi) is 6.07. The monoisotopic (exact) mass is 367 g/mol. The first-order chi connectivity index (χ1) is 12.7. The van der Waals surface area contributed by atoms with E-state index < -0.39 is 0 Å². The highest BCUT2D eigenvalue weighted by Crippen LogP contribution is 2.17. The van der Waals surface area contributed by atoms with Crippen molar-refractivity contribution in [3.8, 4) is 5.69 Å². The molecule has 0 unspecified atom stereocenters. The van der Waals surface area contributed by atoms with E-state index in [0.717, 1.165) is 41.7 Å². The molecule has 3 rings (SSSR count). The van der Waals surface area contributed by atoms with Crippen LogP contribution in [-0.4, -0.2) is 22.3 Å². The number of guanidine groups is 1. The zero-order valence-electron chi connectivity index (χ0n) is 15.5. The first kappa shape index (κ1) is 18.2. The molecule has 26 heavy (non-hydrogen) atoms. The Morgan fingerprint density at radius 2 is 2.00 bits per heavy atom. The Morgan fingerprint density at radius 1 is 1.15 bits per heavy atom. The highest BCUT2D eigenvalue weighted by molar-refractivity contribution is 7.09. The third-order valence-electron chi connectivity index (χ3n) is 3.99. The van der Waals surface area contributed by atoms with Crippen LogP contribution in [0.2, 0.25) is 0 Å². The van der Waals surface area contributed by atoms with E-state index >= 15 is 0 Å². The Hall–Kier alpha value is -2.60. The standard InChI is InChI=1S/C20H25N5S/c1-4-21-20(23-14-18-9-7-11-26-18)22-13-17-8-5-6-10-19(17)25-16(3)12-15(2)24-25/h5-12H,4,13-14H2,1-3H3,(H2,21,22,23). The fraction of sp³-hybridized carbons (Fsp3) is 0.300. The van der Waals surface area contributed by atoms with Crippen molar-refractivity contribution < 1.29 is 0 Å². The Labute approximate surface area is 158 Å². The van der Waals surface area contributed by atoms with Crippen molar-refractivity contribution in [2.75, 3.05) is 6.54 Å². The summed E-state index contributed by atoms with van der Waals surface area (Å²) in [6.07, 6.45) is 0. The highest BCUT2D eigenvalue weighted by atomic mass is 32.1. The van der Waals surface area contributed by atoms with Gasteiger partial charge in [0.25, 0.3) is 0 Å². The van der Waals surface area contributed by atoms with Crippen molar-refractivity contribution in [1.29, 1.82) is 0 Å². The summed E-state index contributed by atoms with van der Waals surface area (Å²) in [6, 6.07) is 14.6. The van der Waals surface area contributed by atoms with E-state index in [4.69, 9.17) is 4.99 Å². The molecule has 0 fully saturated rings. The van der Waals surface area contributed by atoms with Gasteiger partial charge in [-0.15, -0.1) is 11.3 Å². The van der Waals surface area contributed by atoms with E-state index in [2.05, 4.69) is 65.3 Å². The average molecular weight is 368 g/mol. The molecular weight excluding hydrogens is 342 g/mol. The molecule has 2 heterocycles. The minimum atomic E-state index is 0.592. The van der Waals surface area contributed by atoms with E-state index in [0.29, 0.717) is 6.54 Å². The van der Waals surface area contributed by atoms with Crippen molar-refractivity contribution in [2.45, 2.75) is 33.9 Å². The third kappa shape index (κ3) is 4.52. The summed E-state index contributed by atoms with van der Waals surface area (Å²) in [4.78, 5) is 6.05. The van der Waals surface area contributed by atoms with Gasteiger partial charge in [0.15, 0.2) is 5.96 Å². The molecule has 5 nitrogen and oxygen atoms in total. The molecule has 0 aliphatic heterocycles. The Morgan fingerprint density at radius 3 is 2.69 bits per heavy atom. The number of nitrogens with one attached hydrogen (secondary N) is 2. The lowest BCUT2D eigenvalue weighted by Gasteiger charge is -2.12. The first-order valence-electron chi connectivity index (χ1n) is 8.83. The number of nitrogens with zero attached hydrogens (tertiary/aromatic N) is 3. The van der Waals surface area contributed by atoms with Gasteiger partial charge in [0, 0.05) is 17.1 Å². The first-order valence-corrected chi connectivity index (χ1v) is 9.71. The van der Waals surface area contributed by atoms with Crippen LogP contribution in [0.4, 0.5) is 0 Å². The zero-order valence-corrected chi connectivity index (χ0v) is 16.3. The number of rotatable bonds is 6. The van der Waals surface area contributed by atoms with E-state index in [1.54, 1.807) is 11.3 Å². The second kappa shape index (κ2) is 8.67. The number of hydrogen-bond donors (Lipinski definition) is 2. The molecule has 2 aromatic heterocycles. The Balaban J connectivity index is 1.78. The predicted molar refractivity (Wildman–Crippen MR) is 109 cm³/mol. The van der Waals surface area contributed by atoms with Gasteiger partial charge in [-0.3, -0.25) is 0 Å². The maximum Gasteiger partial charge on any atom is 0.191 e. The van der Waals surface area contributed by atoms with Crippen molar-refractivity contribution in [2.24, 2.45) is 4.99 Å². The van der Waals surface area contributed by atoms with Gasteiger partial charge >= 0.3 is 0 Å². The topological polar surface area (TPSA) is 54.2 Å². The smallest absolute Gasteiger partial charge is 0.191 e. The molecule has 0 amide bonds. The number of hydrogen-bond acceptors (Lipinski definition) is 3. The molecule has 0 saturated heterocycles. The van der Waals surface area contributed by atoms with Crippen molar-refractivity contribution in [3.63, 3.8) is 0 Å². The van der Waals surface area contributed by atoms with Crippen molar-refractivity contribution in [1.82, 2.24) is 20.4 Å². The molecule has 0 aliphatic rings. The van der Waals surface area contributed by atoms with Crippen LogP contribution in [0.1, 0.15) is 28.8 Å². The van der Waals surface area contributed by atoms with Crippen LogP contribution in [-0.2, 0) is 13.1 Å². The molecule has 0 spiro atoms. The van der Waals surface area contributed by atoms with Gasteiger partial charge in [-0.05, 0) is 49.9 Å². The lowest BCUT2D eigenvalue weighted by molar-refractivity contribution is 0.804. The normalized spacial score (nSPS) is 11.6. The second-order valence-corrected chi connectivity index (χ2v) is 7.13. The van der Waals surface area contributed by atoms with Crippen LogP contribution in [0.15, 0.2) is 52.8 Å². The molecule has 2 N–H and O–H groups in total. The molecule has 0 radical (unpaired) electrons. The molecule has 6 heteroatoms. The van der Waals surface area contributed by atoms with E-state index in [1.165, 1.54) is 4.88 Å². The van der Waals surface area contributed by atoms with Crippen LogP contribution in [0.3, 0.4) is 0 Å². The molecule has 136 valence electrons. The van der Waals surface area contributed by atoms with Crippen molar-refractivity contribution >= 4 is 17.3 Å². The maximum absolute atomic E-state index is 4.76. The minimum absolute atomic E-state index is 0.592. The molecule has 3 aromatic rings. The SMILES string of the molecule is CCNC(=NCc1ccccc1-n1nc(C)cc1C)NCc1cccs1. The maximum atomic E-state index is 4.76. The summed E-state index contributed by atoms with van der Waals surface area (Å²) >= 11 is 1.74. The van der Waals surface area contributed by atoms with Crippen LogP contribution in [0.5, 0.6) is 0 Å². The van der Waals surface area contributed by atoms with Crippen LogP contribution < -0.4 is 10.6 Å².